The topological polar surface area (TPSA) is 84.7 Å². The van der Waals surface area contributed by atoms with Gasteiger partial charge in [-0.25, -0.2) is 4.98 Å². The number of ketones is 1. The van der Waals surface area contributed by atoms with Crippen LogP contribution in [0.5, 0.6) is 0 Å². The maximum atomic E-state index is 13.0. The first kappa shape index (κ1) is 15.3. The molecule has 0 fully saturated rings. The summed E-state index contributed by atoms with van der Waals surface area (Å²) >= 11 is 0. The Bertz CT molecular complexity index is 1070. The predicted octanol–water partition coefficient (Wildman–Crippen LogP) is 3.77. The Morgan fingerprint density at radius 1 is 1.20 bits per heavy atom. The van der Waals surface area contributed by atoms with Gasteiger partial charge in [0.15, 0.2) is 5.78 Å². The Morgan fingerprint density at radius 2 is 2.04 bits per heavy atom. The van der Waals surface area contributed by atoms with Gasteiger partial charge in [0.25, 0.3) is 0 Å². The standard InChI is InChI=1S/C19H16N4O2/c1-10-17(18(24)13-5-4-6-20-8-13)15-7-14(9-21-19(15)22-10)16-11(2)23-25-12(16)3/h4-9H,1-3H3,(H,21,22). The lowest BCUT2D eigenvalue weighted by molar-refractivity contribution is 0.103. The minimum Gasteiger partial charge on any atom is -0.361 e. The molecule has 0 atom stereocenters. The van der Waals surface area contributed by atoms with Crippen LogP contribution in [0.2, 0.25) is 0 Å². The highest BCUT2D eigenvalue weighted by Crippen LogP contribution is 2.31. The molecule has 0 aromatic carbocycles. The Balaban J connectivity index is 1.92. The van der Waals surface area contributed by atoms with E-state index in [0.717, 1.165) is 33.7 Å². The fourth-order valence-corrected chi connectivity index (χ4v) is 3.16. The zero-order valence-electron chi connectivity index (χ0n) is 14.1. The first-order valence-corrected chi connectivity index (χ1v) is 7.92. The maximum Gasteiger partial charge on any atom is 0.197 e. The molecule has 0 radical (unpaired) electrons. The third-order valence-electron chi connectivity index (χ3n) is 4.31. The molecule has 0 unspecified atom stereocenters. The Hall–Kier alpha value is -3.28. The van der Waals surface area contributed by atoms with Crippen LogP contribution >= 0.6 is 0 Å². The van der Waals surface area contributed by atoms with E-state index in [-0.39, 0.29) is 5.78 Å². The molecule has 0 aliphatic carbocycles. The second-order valence-corrected chi connectivity index (χ2v) is 6.02. The number of fused-ring (bicyclic) bond motifs is 1. The van der Waals surface area contributed by atoms with Crippen molar-refractivity contribution in [1.82, 2.24) is 20.1 Å². The number of aromatic amines is 1. The monoisotopic (exact) mass is 332 g/mol. The van der Waals surface area contributed by atoms with Gasteiger partial charge in [-0.2, -0.15) is 0 Å². The van der Waals surface area contributed by atoms with Crippen LogP contribution in [0.4, 0.5) is 0 Å². The van der Waals surface area contributed by atoms with Crippen molar-refractivity contribution in [1.29, 1.82) is 0 Å². The number of nitrogens with one attached hydrogen (secondary N) is 1. The molecular formula is C19H16N4O2. The minimum atomic E-state index is -0.0745. The summed E-state index contributed by atoms with van der Waals surface area (Å²) in [5.41, 5.74) is 5.22. The molecule has 4 rings (SSSR count). The lowest BCUT2D eigenvalue weighted by atomic mass is 10.00. The molecule has 0 bridgehead atoms. The SMILES string of the molecule is Cc1noc(C)c1-c1cnc2[nH]c(C)c(C(=O)c3cccnc3)c2c1. The Labute approximate surface area is 143 Å². The molecular weight excluding hydrogens is 316 g/mol. The van der Waals surface area contributed by atoms with Gasteiger partial charge in [0, 0.05) is 46.4 Å². The minimum absolute atomic E-state index is 0.0745. The number of hydrogen-bond donors (Lipinski definition) is 1. The van der Waals surface area contributed by atoms with Crippen LogP contribution in [-0.4, -0.2) is 25.9 Å². The van der Waals surface area contributed by atoms with Gasteiger partial charge in [0.05, 0.1) is 11.3 Å². The first-order chi connectivity index (χ1) is 12.1. The fraction of sp³-hybridized carbons (Fsp3) is 0.158. The van der Waals surface area contributed by atoms with Gasteiger partial charge in [0.1, 0.15) is 11.4 Å². The molecule has 0 amide bonds. The second-order valence-electron chi connectivity index (χ2n) is 6.02. The van der Waals surface area contributed by atoms with E-state index in [0.29, 0.717) is 16.8 Å². The number of carbonyl (C=O) groups is 1. The second kappa shape index (κ2) is 5.66. The highest BCUT2D eigenvalue weighted by atomic mass is 16.5. The maximum absolute atomic E-state index is 13.0. The summed E-state index contributed by atoms with van der Waals surface area (Å²) in [5, 5.41) is 4.78. The number of aromatic nitrogens is 4. The highest BCUT2D eigenvalue weighted by molar-refractivity contribution is 6.17. The Kier molecular flexibility index (Phi) is 3.46. The average Bonchev–Trinajstić information content (AvgIpc) is 3.12. The molecule has 6 heteroatoms. The van der Waals surface area contributed by atoms with Crippen molar-refractivity contribution in [3.05, 3.63) is 65.1 Å². The van der Waals surface area contributed by atoms with Crippen LogP contribution in [0, 0.1) is 20.8 Å². The van der Waals surface area contributed by atoms with E-state index in [1.807, 2.05) is 26.8 Å². The zero-order chi connectivity index (χ0) is 17.6. The number of aryl methyl sites for hydroxylation is 3. The van der Waals surface area contributed by atoms with Crippen LogP contribution in [0.3, 0.4) is 0 Å². The number of nitrogens with zero attached hydrogens (tertiary/aromatic N) is 3. The lowest BCUT2D eigenvalue weighted by Gasteiger charge is -2.03. The molecule has 124 valence electrons. The van der Waals surface area contributed by atoms with Gasteiger partial charge in [0.2, 0.25) is 0 Å². The number of carbonyl (C=O) groups excluding carboxylic acids is 1. The molecule has 1 N–H and O–H groups in total. The van der Waals surface area contributed by atoms with Crippen LogP contribution in [0.1, 0.15) is 33.1 Å². The van der Waals surface area contributed by atoms with Crippen LogP contribution < -0.4 is 0 Å². The van der Waals surface area contributed by atoms with Gasteiger partial charge < -0.3 is 9.51 Å². The summed E-state index contributed by atoms with van der Waals surface area (Å²) in [6.07, 6.45) is 4.99. The van der Waals surface area contributed by atoms with E-state index in [9.17, 15) is 4.79 Å². The van der Waals surface area contributed by atoms with E-state index in [1.165, 1.54) is 0 Å². The summed E-state index contributed by atoms with van der Waals surface area (Å²) in [6.45, 7) is 5.63. The fourth-order valence-electron chi connectivity index (χ4n) is 3.16. The van der Waals surface area contributed by atoms with Crippen molar-refractivity contribution in [2.75, 3.05) is 0 Å². The molecule has 6 nitrogen and oxygen atoms in total. The largest absolute Gasteiger partial charge is 0.361 e. The lowest BCUT2D eigenvalue weighted by Crippen LogP contribution is -2.02. The summed E-state index contributed by atoms with van der Waals surface area (Å²) in [5.74, 6) is 0.653. The third kappa shape index (κ3) is 2.42. The van der Waals surface area contributed by atoms with Crippen molar-refractivity contribution >= 4 is 16.8 Å². The Morgan fingerprint density at radius 3 is 2.72 bits per heavy atom. The summed E-state index contributed by atoms with van der Waals surface area (Å²) in [4.78, 5) is 24.7. The van der Waals surface area contributed by atoms with Gasteiger partial charge in [-0.05, 0) is 39.0 Å². The van der Waals surface area contributed by atoms with E-state index in [4.69, 9.17) is 4.52 Å². The van der Waals surface area contributed by atoms with Crippen molar-refractivity contribution in [2.45, 2.75) is 20.8 Å². The molecule has 0 saturated carbocycles. The molecule has 4 aromatic rings. The van der Waals surface area contributed by atoms with E-state index < -0.39 is 0 Å². The molecule has 25 heavy (non-hydrogen) atoms. The number of rotatable bonds is 3. The average molecular weight is 332 g/mol. The van der Waals surface area contributed by atoms with E-state index >= 15 is 0 Å². The van der Waals surface area contributed by atoms with Crippen molar-refractivity contribution in [3.63, 3.8) is 0 Å². The summed E-state index contributed by atoms with van der Waals surface area (Å²) < 4.78 is 5.25. The van der Waals surface area contributed by atoms with E-state index in [1.54, 1.807) is 30.7 Å². The molecule has 0 spiro atoms. The normalized spacial score (nSPS) is 11.2. The zero-order valence-corrected chi connectivity index (χ0v) is 14.1. The first-order valence-electron chi connectivity index (χ1n) is 7.92. The summed E-state index contributed by atoms with van der Waals surface area (Å²) in [7, 11) is 0. The van der Waals surface area contributed by atoms with Gasteiger partial charge in [-0.1, -0.05) is 5.16 Å². The molecule has 0 aliphatic heterocycles. The van der Waals surface area contributed by atoms with Gasteiger partial charge in [-0.15, -0.1) is 0 Å². The molecule has 4 heterocycles. The highest BCUT2D eigenvalue weighted by Gasteiger charge is 2.20. The predicted molar refractivity (Wildman–Crippen MR) is 93.5 cm³/mol. The van der Waals surface area contributed by atoms with Crippen molar-refractivity contribution in [3.8, 4) is 11.1 Å². The molecule has 0 aliphatic rings. The van der Waals surface area contributed by atoms with Gasteiger partial charge in [-0.3, -0.25) is 9.78 Å². The summed E-state index contributed by atoms with van der Waals surface area (Å²) in [6, 6.07) is 5.48. The van der Waals surface area contributed by atoms with Crippen molar-refractivity contribution < 1.29 is 9.32 Å². The quantitative estimate of drug-likeness (QED) is 0.577. The van der Waals surface area contributed by atoms with Gasteiger partial charge >= 0.3 is 0 Å². The number of hydrogen-bond acceptors (Lipinski definition) is 5. The number of H-pyrrole nitrogens is 1. The van der Waals surface area contributed by atoms with Crippen molar-refractivity contribution in [2.24, 2.45) is 0 Å². The molecule has 4 aromatic heterocycles. The van der Waals surface area contributed by atoms with E-state index in [2.05, 4.69) is 20.1 Å². The molecule has 0 saturated heterocycles. The van der Waals surface area contributed by atoms with Crippen LogP contribution in [0.15, 0.2) is 41.3 Å². The van der Waals surface area contributed by atoms with Crippen LogP contribution in [0.25, 0.3) is 22.2 Å². The smallest absolute Gasteiger partial charge is 0.197 e. The van der Waals surface area contributed by atoms with Crippen LogP contribution in [-0.2, 0) is 0 Å². The third-order valence-corrected chi connectivity index (χ3v) is 4.31. The number of pyridine rings is 2.